The molecule has 0 aromatic heterocycles. The second-order valence-electron chi connectivity index (χ2n) is 1.08. The van der Waals surface area contributed by atoms with Gasteiger partial charge in [-0.05, 0) is 18.2 Å². The number of hydrogen-bond donors (Lipinski definition) is 0. The van der Waals surface area contributed by atoms with E-state index in [9.17, 15) is 0 Å². The predicted molar refractivity (Wildman–Crippen MR) is 24.4 cm³/mol. The molecule has 0 spiro atoms. The van der Waals surface area contributed by atoms with E-state index in [4.69, 9.17) is 0 Å². The lowest BCUT2D eigenvalue weighted by atomic mass is 10.5. The standard InChI is InChI=1S/C4H5NO2/c1-2-4-3-5-7-6-4/h2-3H,1H3. The van der Waals surface area contributed by atoms with Gasteiger partial charge in [-0.3, -0.25) is 4.89 Å². The van der Waals surface area contributed by atoms with Crippen molar-refractivity contribution in [2.75, 3.05) is 0 Å². The molecule has 0 aromatic carbocycles. The molecule has 0 atom stereocenters. The van der Waals surface area contributed by atoms with Gasteiger partial charge in [0.1, 0.15) is 6.21 Å². The molecule has 1 heterocycles. The Morgan fingerprint density at radius 3 is 3.00 bits per heavy atom. The summed E-state index contributed by atoms with van der Waals surface area (Å²) in [5, 5.41) is 3.32. The normalized spacial score (nSPS) is 22.1. The molecule has 0 unspecified atom stereocenters. The van der Waals surface area contributed by atoms with Crippen molar-refractivity contribution in [3.63, 3.8) is 0 Å². The van der Waals surface area contributed by atoms with Crippen molar-refractivity contribution >= 4 is 6.21 Å². The molecule has 1 aliphatic heterocycles. The second kappa shape index (κ2) is 1.64. The molecule has 0 aliphatic carbocycles. The van der Waals surface area contributed by atoms with Crippen LogP contribution in [-0.4, -0.2) is 6.21 Å². The van der Waals surface area contributed by atoms with E-state index in [0.29, 0.717) is 5.76 Å². The van der Waals surface area contributed by atoms with E-state index in [1.807, 2.05) is 6.92 Å². The summed E-state index contributed by atoms with van der Waals surface area (Å²) < 4.78 is 0. The van der Waals surface area contributed by atoms with Crippen molar-refractivity contribution in [3.8, 4) is 0 Å². The van der Waals surface area contributed by atoms with Crippen LogP contribution in [0.15, 0.2) is 17.0 Å². The minimum Gasteiger partial charge on any atom is -0.266 e. The minimum atomic E-state index is 0.653. The zero-order valence-electron chi connectivity index (χ0n) is 3.92. The van der Waals surface area contributed by atoms with E-state index >= 15 is 0 Å². The fourth-order valence-electron chi connectivity index (χ4n) is 0.282. The monoisotopic (exact) mass is 99.0 g/mol. The van der Waals surface area contributed by atoms with Crippen LogP contribution < -0.4 is 0 Å². The molecule has 0 amide bonds. The lowest BCUT2D eigenvalue weighted by molar-refractivity contribution is -0.242. The SMILES string of the molecule is CC=C1C=NOO1. The number of oxime groups is 1. The Labute approximate surface area is 41.1 Å². The van der Waals surface area contributed by atoms with E-state index in [-0.39, 0.29) is 0 Å². The van der Waals surface area contributed by atoms with E-state index in [1.165, 1.54) is 6.21 Å². The summed E-state index contributed by atoms with van der Waals surface area (Å²) in [6.45, 7) is 1.84. The Morgan fingerprint density at radius 2 is 2.71 bits per heavy atom. The summed E-state index contributed by atoms with van der Waals surface area (Å²) in [6, 6.07) is 0. The summed E-state index contributed by atoms with van der Waals surface area (Å²) >= 11 is 0. The topological polar surface area (TPSA) is 30.8 Å². The van der Waals surface area contributed by atoms with Gasteiger partial charge in [-0.25, -0.2) is 0 Å². The third-order valence-electron chi connectivity index (χ3n) is 0.641. The van der Waals surface area contributed by atoms with Gasteiger partial charge in [-0.2, -0.15) is 4.99 Å². The van der Waals surface area contributed by atoms with Crippen molar-refractivity contribution in [2.24, 2.45) is 5.16 Å². The van der Waals surface area contributed by atoms with E-state index in [0.717, 1.165) is 0 Å². The molecular weight excluding hydrogens is 94.0 g/mol. The van der Waals surface area contributed by atoms with E-state index < -0.39 is 0 Å². The largest absolute Gasteiger partial charge is 0.266 e. The summed E-state index contributed by atoms with van der Waals surface area (Å²) in [5.41, 5.74) is 0. The Bertz CT molecular complexity index is 114. The maximum atomic E-state index is 4.44. The molecule has 0 aromatic rings. The average molecular weight is 99.1 g/mol. The Morgan fingerprint density at radius 1 is 1.86 bits per heavy atom. The highest BCUT2D eigenvalue weighted by Gasteiger charge is 1.98. The van der Waals surface area contributed by atoms with E-state index in [2.05, 4.69) is 15.0 Å². The Balaban J connectivity index is 2.59. The molecule has 0 radical (unpaired) electrons. The minimum absolute atomic E-state index is 0.653. The van der Waals surface area contributed by atoms with Gasteiger partial charge in [0, 0.05) is 0 Å². The molecule has 3 nitrogen and oxygen atoms in total. The van der Waals surface area contributed by atoms with Gasteiger partial charge < -0.3 is 0 Å². The van der Waals surface area contributed by atoms with E-state index in [1.54, 1.807) is 6.08 Å². The second-order valence-corrected chi connectivity index (χ2v) is 1.08. The third kappa shape index (κ3) is 0.707. The lowest BCUT2D eigenvalue weighted by Gasteiger charge is -1.84. The van der Waals surface area contributed by atoms with Gasteiger partial charge in [0.25, 0.3) is 0 Å². The summed E-state index contributed by atoms with van der Waals surface area (Å²) in [4.78, 5) is 8.59. The predicted octanol–water partition coefficient (Wildman–Crippen LogP) is 0.838. The first-order valence-electron chi connectivity index (χ1n) is 1.97. The summed E-state index contributed by atoms with van der Waals surface area (Å²) in [6.07, 6.45) is 3.26. The summed E-state index contributed by atoms with van der Waals surface area (Å²) in [5.74, 6) is 0.653. The molecular formula is C4H5NO2. The quantitative estimate of drug-likeness (QED) is 0.421. The summed E-state index contributed by atoms with van der Waals surface area (Å²) in [7, 11) is 0. The number of rotatable bonds is 0. The fourth-order valence-corrected chi connectivity index (χ4v) is 0.282. The van der Waals surface area contributed by atoms with Crippen LogP contribution in [-0.2, 0) is 9.88 Å². The molecule has 0 saturated heterocycles. The Hall–Kier alpha value is -0.990. The first-order valence-corrected chi connectivity index (χ1v) is 1.97. The average Bonchev–Trinajstić information content (AvgIpc) is 2.14. The van der Waals surface area contributed by atoms with Crippen molar-refractivity contribution in [3.05, 3.63) is 11.8 Å². The molecule has 1 rings (SSSR count). The van der Waals surface area contributed by atoms with Crippen molar-refractivity contribution < 1.29 is 9.88 Å². The number of allylic oxidation sites excluding steroid dienone is 2. The van der Waals surface area contributed by atoms with Gasteiger partial charge in [-0.15, -0.1) is 0 Å². The van der Waals surface area contributed by atoms with Gasteiger partial charge in [-0.1, -0.05) is 0 Å². The zero-order chi connectivity index (χ0) is 5.11. The van der Waals surface area contributed by atoms with Gasteiger partial charge >= 0.3 is 0 Å². The number of hydrogen-bond acceptors (Lipinski definition) is 3. The van der Waals surface area contributed by atoms with Crippen LogP contribution in [0.3, 0.4) is 0 Å². The van der Waals surface area contributed by atoms with Gasteiger partial charge in [0.15, 0.2) is 5.76 Å². The smallest absolute Gasteiger partial charge is 0.198 e. The van der Waals surface area contributed by atoms with Crippen molar-refractivity contribution in [2.45, 2.75) is 6.92 Å². The maximum absolute atomic E-state index is 4.44. The fraction of sp³-hybridized carbons (Fsp3) is 0.250. The molecule has 0 saturated carbocycles. The van der Waals surface area contributed by atoms with Crippen LogP contribution in [0.2, 0.25) is 0 Å². The first-order chi connectivity index (χ1) is 3.43. The lowest BCUT2D eigenvalue weighted by Crippen LogP contribution is -1.77. The molecule has 0 N–H and O–H groups in total. The van der Waals surface area contributed by atoms with Crippen molar-refractivity contribution in [1.29, 1.82) is 0 Å². The highest BCUT2D eigenvalue weighted by atomic mass is 17.3. The molecule has 3 heteroatoms. The number of nitrogens with zero attached hydrogens (tertiary/aromatic N) is 1. The van der Waals surface area contributed by atoms with Crippen LogP contribution >= 0.6 is 0 Å². The van der Waals surface area contributed by atoms with Crippen LogP contribution in [0, 0.1) is 0 Å². The highest BCUT2D eigenvalue weighted by Crippen LogP contribution is 2.00. The maximum Gasteiger partial charge on any atom is 0.198 e. The highest BCUT2D eigenvalue weighted by molar-refractivity contribution is 5.75. The molecule has 1 aliphatic rings. The van der Waals surface area contributed by atoms with Crippen LogP contribution in [0.25, 0.3) is 0 Å². The van der Waals surface area contributed by atoms with Gasteiger partial charge in [0.2, 0.25) is 0 Å². The first kappa shape index (κ1) is 4.18. The zero-order valence-corrected chi connectivity index (χ0v) is 3.92. The van der Waals surface area contributed by atoms with Crippen molar-refractivity contribution in [1.82, 2.24) is 0 Å². The van der Waals surface area contributed by atoms with Gasteiger partial charge in [0.05, 0.1) is 0 Å². The molecule has 0 bridgehead atoms. The van der Waals surface area contributed by atoms with Crippen LogP contribution in [0.4, 0.5) is 0 Å². The van der Waals surface area contributed by atoms with Crippen LogP contribution in [0.1, 0.15) is 6.92 Å². The van der Waals surface area contributed by atoms with Crippen LogP contribution in [0.5, 0.6) is 0 Å². The molecule has 38 valence electrons. The molecule has 7 heavy (non-hydrogen) atoms. The Kier molecular flexibility index (Phi) is 0.978. The molecule has 0 fully saturated rings. The third-order valence-corrected chi connectivity index (χ3v) is 0.641.